The fourth-order valence-corrected chi connectivity index (χ4v) is 4.10. The van der Waals surface area contributed by atoms with E-state index in [1.165, 1.54) is 31.0 Å². The molecule has 2 fully saturated rings. The van der Waals surface area contributed by atoms with E-state index in [2.05, 4.69) is 21.8 Å². The summed E-state index contributed by atoms with van der Waals surface area (Å²) < 4.78 is 5.29. The van der Waals surface area contributed by atoms with E-state index in [1.54, 1.807) is 6.33 Å². The van der Waals surface area contributed by atoms with E-state index in [9.17, 15) is 4.79 Å². The van der Waals surface area contributed by atoms with Gasteiger partial charge in [0.05, 0.1) is 19.0 Å². The lowest BCUT2D eigenvalue weighted by atomic mass is 10.0. The second-order valence-corrected chi connectivity index (χ2v) is 7.24. The van der Waals surface area contributed by atoms with Crippen LogP contribution in [0.4, 0.5) is 5.82 Å². The van der Waals surface area contributed by atoms with Crippen LogP contribution >= 0.6 is 11.8 Å². The highest BCUT2D eigenvalue weighted by atomic mass is 32.2. The lowest BCUT2D eigenvalue weighted by Gasteiger charge is -2.36. The van der Waals surface area contributed by atoms with Crippen LogP contribution in [-0.4, -0.2) is 65.4 Å². The average molecular weight is 350 g/mol. The number of hydrogen-bond donors (Lipinski definition) is 0. The van der Waals surface area contributed by atoms with Gasteiger partial charge in [0, 0.05) is 31.7 Å². The van der Waals surface area contributed by atoms with Crippen LogP contribution in [0.15, 0.2) is 17.4 Å². The molecule has 24 heavy (non-hydrogen) atoms. The molecule has 0 N–H and O–H groups in total. The molecule has 0 aromatic carbocycles. The van der Waals surface area contributed by atoms with Crippen molar-refractivity contribution in [2.24, 2.45) is 0 Å². The maximum absolute atomic E-state index is 12.3. The third-order valence-corrected chi connectivity index (χ3v) is 5.64. The van der Waals surface area contributed by atoms with Crippen molar-refractivity contribution >= 4 is 23.5 Å². The molecule has 3 heterocycles. The molecule has 0 radical (unpaired) electrons. The van der Waals surface area contributed by atoms with Crippen LogP contribution < -0.4 is 4.90 Å². The highest BCUT2D eigenvalue weighted by Crippen LogP contribution is 2.27. The summed E-state index contributed by atoms with van der Waals surface area (Å²) in [6, 6.07) is 2.60. The summed E-state index contributed by atoms with van der Waals surface area (Å²) in [5.74, 6) is 1.58. The van der Waals surface area contributed by atoms with Gasteiger partial charge in [-0.15, -0.1) is 0 Å². The lowest BCUT2D eigenvalue weighted by Crippen LogP contribution is -2.41. The molecule has 1 aromatic heterocycles. The number of piperidine rings is 1. The number of morpholine rings is 1. The van der Waals surface area contributed by atoms with E-state index in [-0.39, 0.29) is 5.91 Å². The Balaban J connectivity index is 1.59. The Labute approximate surface area is 148 Å². The standard InChI is InChI=1S/C17H26N4O2S/c1-2-14-5-3-4-6-21(14)15-11-16(19-13-18-15)24-12-17(22)20-7-9-23-10-8-20/h11,13-14H,2-10,12H2,1H3. The van der Waals surface area contributed by atoms with Crippen molar-refractivity contribution in [1.82, 2.24) is 14.9 Å². The van der Waals surface area contributed by atoms with Crippen molar-refractivity contribution in [3.05, 3.63) is 12.4 Å². The van der Waals surface area contributed by atoms with Gasteiger partial charge in [-0.2, -0.15) is 0 Å². The van der Waals surface area contributed by atoms with Crippen molar-refractivity contribution < 1.29 is 9.53 Å². The summed E-state index contributed by atoms with van der Waals surface area (Å²) in [7, 11) is 0. The van der Waals surface area contributed by atoms with Crippen LogP contribution in [0.2, 0.25) is 0 Å². The molecule has 1 atom stereocenters. The molecule has 1 aromatic rings. The van der Waals surface area contributed by atoms with E-state index < -0.39 is 0 Å². The van der Waals surface area contributed by atoms with Gasteiger partial charge in [-0.05, 0) is 25.7 Å². The van der Waals surface area contributed by atoms with Crippen LogP contribution in [-0.2, 0) is 9.53 Å². The maximum Gasteiger partial charge on any atom is 0.233 e. The molecule has 132 valence electrons. The van der Waals surface area contributed by atoms with Crippen molar-refractivity contribution in [3.63, 3.8) is 0 Å². The summed E-state index contributed by atoms with van der Waals surface area (Å²) in [4.78, 5) is 25.3. The fourth-order valence-electron chi connectivity index (χ4n) is 3.33. The highest BCUT2D eigenvalue weighted by molar-refractivity contribution is 7.99. The highest BCUT2D eigenvalue weighted by Gasteiger charge is 2.22. The zero-order valence-electron chi connectivity index (χ0n) is 14.3. The summed E-state index contributed by atoms with van der Waals surface area (Å²) in [6.07, 6.45) is 6.52. The second kappa shape index (κ2) is 8.67. The number of ether oxygens (including phenoxy) is 1. The first-order valence-electron chi connectivity index (χ1n) is 8.85. The Morgan fingerprint density at radius 3 is 2.92 bits per heavy atom. The van der Waals surface area contributed by atoms with Crippen LogP contribution in [0, 0.1) is 0 Å². The molecule has 6 nitrogen and oxygen atoms in total. The average Bonchev–Trinajstić information content (AvgIpc) is 2.67. The Bertz CT molecular complexity index is 551. The van der Waals surface area contributed by atoms with Crippen LogP contribution in [0.5, 0.6) is 0 Å². The quantitative estimate of drug-likeness (QED) is 0.599. The van der Waals surface area contributed by atoms with Crippen LogP contribution in [0.3, 0.4) is 0 Å². The Morgan fingerprint density at radius 1 is 1.29 bits per heavy atom. The van der Waals surface area contributed by atoms with Crippen molar-refractivity contribution in [2.75, 3.05) is 43.5 Å². The number of carbonyl (C=O) groups excluding carboxylic acids is 1. The first kappa shape index (κ1) is 17.5. The predicted octanol–water partition coefficient (Wildman–Crippen LogP) is 2.20. The van der Waals surface area contributed by atoms with Gasteiger partial charge in [0.25, 0.3) is 0 Å². The van der Waals surface area contributed by atoms with Gasteiger partial charge >= 0.3 is 0 Å². The molecule has 0 bridgehead atoms. The summed E-state index contributed by atoms with van der Waals surface area (Å²) in [5, 5.41) is 0.877. The topological polar surface area (TPSA) is 58.6 Å². The number of carbonyl (C=O) groups is 1. The summed E-state index contributed by atoms with van der Waals surface area (Å²) in [6.45, 7) is 5.97. The Kier molecular flexibility index (Phi) is 6.31. The van der Waals surface area contributed by atoms with Crippen molar-refractivity contribution in [1.29, 1.82) is 0 Å². The molecule has 1 unspecified atom stereocenters. The van der Waals surface area contributed by atoms with Gasteiger partial charge in [-0.1, -0.05) is 18.7 Å². The van der Waals surface area contributed by atoms with Crippen molar-refractivity contribution in [3.8, 4) is 0 Å². The van der Waals surface area contributed by atoms with E-state index in [4.69, 9.17) is 4.74 Å². The van der Waals surface area contributed by atoms with E-state index in [0.29, 0.717) is 38.1 Å². The molecule has 7 heteroatoms. The zero-order chi connectivity index (χ0) is 16.8. The summed E-state index contributed by atoms with van der Waals surface area (Å²) >= 11 is 1.50. The number of amides is 1. The third-order valence-electron chi connectivity index (χ3n) is 4.73. The molecule has 0 spiro atoms. The van der Waals surface area contributed by atoms with E-state index in [1.807, 2.05) is 11.0 Å². The van der Waals surface area contributed by atoms with Crippen LogP contribution in [0.1, 0.15) is 32.6 Å². The molecule has 0 saturated carbocycles. The second-order valence-electron chi connectivity index (χ2n) is 6.25. The lowest BCUT2D eigenvalue weighted by molar-refractivity contribution is -0.132. The minimum atomic E-state index is 0.160. The number of hydrogen-bond acceptors (Lipinski definition) is 6. The molecule has 1 amide bonds. The first-order valence-corrected chi connectivity index (χ1v) is 9.83. The maximum atomic E-state index is 12.3. The molecule has 2 aliphatic heterocycles. The molecule has 2 saturated heterocycles. The van der Waals surface area contributed by atoms with E-state index >= 15 is 0 Å². The number of nitrogens with zero attached hydrogens (tertiary/aromatic N) is 4. The van der Waals surface area contributed by atoms with Crippen LogP contribution in [0.25, 0.3) is 0 Å². The SMILES string of the molecule is CCC1CCCCN1c1cc(SCC(=O)N2CCOCC2)ncn1. The number of aromatic nitrogens is 2. The zero-order valence-corrected chi connectivity index (χ0v) is 15.1. The largest absolute Gasteiger partial charge is 0.378 e. The molecule has 3 rings (SSSR count). The molecule has 2 aliphatic rings. The number of rotatable bonds is 5. The number of anilines is 1. The molecular formula is C17H26N4O2S. The van der Waals surface area contributed by atoms with E-state index in [0.717, 1.165) is 23.8 Å². The predicted molar refractivity (Wildman–Crippen MR) is 95.4 cm³/mol. The van der Waals surface area contributed by atoms with Gasteiger partial charge < -0.3 is 14.5 Å². The van der Waals surface area contributed by atoms with Gasteiger partial charge in [0.1, 0.15) is 17.2 Å². The Hall–Kier alpha value is -1.34. The van der Waals surface area contributed by atoms with Crippen molar-refractivity contribution in [2.45, 2.75) is 43.7 Å². The van der Waals surface area contributed by atoms with Gasteiger partial charge in [-0.25, -0.2) is 9.97 Å². The minimum Gasteiger partial charge on any atom is -0.378 e. The fraction of sp³-hybridized carbons (Fsp3) is 0.706. The molecule has 0 aliphatic carbocycles. The normalized spacial score (nSPS) is 21.8. The smallest absolute Gasteiger partial charge is 0.233 e. The third kappa shape index (κ3) is 4.39. The van der Waals surface area contributed by atoms with Gasteiger partial charge in [-0.3, -0.25) is 4.79 Å². The monoisotopic (exact) mass is 350 g/mol. The summed E-state index contributed by atoms with van der Waals surface area (Å²) in [5.41, 5.74) is 0. The van der Waals surface area contributed by atoms with Gasteiger partial charge in [0.2, 0.25) is 5.91 Å². The number of thioether (sulfide) groups is 1. The minimum absolute atomic E-state index is 0.160. The Morgan fingerprint density at radius 2 is 2.12 bits per heavy atom. The molecular weight excluding hydrogens is 324 g/mol. The van der Waals surface area contributed by atoms with Gasteiger partial charge in [0.15, 0.2) is 0 Å². The first-order chi connectivity index (χ1) is 11.8.